The summed E-state index contributed by atoms with van der Waals surface area (Å²) in [5, 5.41) is 3.91. The molecular formula is C18H15N3OS2. The average Bonchev–Trinajstić information content (AvgIpc) is 3.32. The van der Waals surface area contributed by atoms with Gasteiger partial charge in [0.05, 0.1) is 4.88 Å². The molecule has 0 fully saturated rings. The molecule has 0 spiro atoms. The molecular weight excluding hydrogens is 338 g/mol. The summed E-state index contributed by atoms with van der Waals surface area (Å²) in [4.78, 5) is 21.4. The van der Waals surface area contributed by atoms with Gasteiger partial charge < -0.3 is 4.90 Å². The summed E-state index contributed by atoms with van der Waals surface area (Å²) in [5.74, 6) is -0.00919. The molecule has 0 N–H and O–H groups in total. The van der Waals surface area contributed by atoms with Gasteiger partial charge in [-0.15, -0.1) is 22.7 Å². The van der Waals surface area contributed by atoms with E-state index < -0.39 is 0 Å². The van der Waals surface area contributed by atoms with Crippen LogP contribution in [0.3, 0.4) is 0 Å². The molecule has 0 radical (unpaired) electrons. The van der Waals surface area contributed by atoms with Crippen LogP contribution in [0.4, 0.5) is 5.69 Å². The summed E-state index contributed by atoms with van der Waals surface area (Å²) in [5.41, 5.74) is 2.47. The zero-order valence-electron chi connectivity index (χ0n) is 13.0. The van der Waals surface area contributed by atoms with Crippen molar-refractivity contribution in [3.63, 3.8) is 0 Å². The highest BCUT2D eigenvalue weighted by Crippen LogP contribution is 2.28. The van der Waals surface area contributed by atoms with Gasteiger partial charge in [-0.25, -0.2) is 4.98 Å². The Bertz CT molecular complexity index is 970. The summed E-state index contributed by atoms with van der Waals surface area (Å²) < 4.78 is 1.90. The van der Waals surface area contributed by atoms with Crippen molar-refractivity contribution in [1.82, 2.24) is 9.38 Å². The van der Waals surface area contributed by atoms with Crippen LogP contribution in [0, 0.1) is 0 Å². The summed E-state index contributed by atoms with van der Waals surface area (Å²) >= 11 is 3.14. The van der Waals surface area contributed by atoms with Crippen molar-refractivity contribution in [3.05, 3.63) is 65.1 Å². The molecule has 4 aromatic rings. The van der Waals surface area contributed by atoms with E-state index in [9.17, 15) is 4.79 Å². The van der Waals surface area contributed by atoms with Crippen molar-refractivity contribution >= 4 is 39.2 Å². The third-order valence-corrected chi connectivity index (χ3v) is 5.56. The Morgan fingerprint density at radius 2 is 2.00 bits per heavy atom. The van der Waals surface area contributed by atoms with E-state index in [2.05, 4.69) is 4.98 Å². The maximum atomic E-state index is 13.0. The minimum absolute atomic E-state index is 0.00919. The van der Waals surface area contributed by atoms with E-state index in [4.69, 9.17) is 0 Å². The molecule has 0 aliphatic heterocycles. The normalized spacial score (nSPS) is 11.0. The molecule has 0 unspecified atom stereocenters. The SMILES string of the molecule is CCN(C(=O)c1csc2nc(-c3cccs3)cn12)c1ccccc1. The molecule has 3 aromatic heterocycles. The van der Waals surface area contributed by atoms with Crippen molar-refractivity contribution in [2.24, 2.45) is 0 Å². The number of carbonyl (C=O) groups is 1. The number of imidazole rings is 1. The average molecular weight is 353 g/mol. The lowest BCUT2D eigenvalue weighted by molar-refractivity contribution is 0.0983. The van der Waals surface area contributed by atoms with Crippen LogP contribution >= 0.6 is 22.7 Å². The van der Waals surface area contributed by atoms with Gasteiger partial charge in [0.15, 0.2) is 4.96 Å². The summed E-state index contributed by atoms with van der Waals surface area (Å²) in [6.45, 7) is 2.60. The van der Waals surface area contributed by atoms with E-state index in [1.165, 1.54) is 11.3 Å². The van der Waals surface area contributed by atoms with Crippen molar-refractivity contribution in [3.8, 4) is 10.6 Å². The van der Waals surface area contributed by atoms with E-state index in [0.717, 1.165) is 21.2 Å². The Morgan fingerprint density at radius 3 is 2.71 bits per heavy atom. The van der Waals surface area contributed by atoms with Crippen molar-refractivity contribution in [2.45, 2.75) is 6.92 Å². The number of para-hydroxylation sites is 1. The van der Waals surface area contributed by atoms with E-state index in [0.29, 0.717) is 12.2 Å². The summed E-state index contributed by atoms with van der Waals surface area (Å²) in [6, 6.07) is 13.8. The second-order valence-corrected chi connectivity index (χ2v) is 7.05. The first-order valence-electron chi connectivity index (χ1n) is 7.65. The Balaban J connectivity index is 1.74. The van der Waals surface area contributed by atoms with Crippen LogP contribution in [0.5, 0.6) is 0 Å². The van der Waals surface area contributed by atoms with Crippen LogP contribution < -0.4 is 4.90 Å². The zero-order chi connectivity index (χ0) is 16.5. The molecule has 4 rings (SSSR count). The molecule has 0 saturated carbocycles. The lowest BCUT2D eigenvalue weighted by atomic mass is 10.2. The lowest BCUT2D eigenvalue weighted by Crippen LogP contribution is -2.31. The van der Waals surface area contributed by atoms with Gasteiger partial charge in [-0.2, -0.15) is 0 Å². The monoisotopic (exact) mass is 353 g/mol. The van der Waals surface area contributed by atoms with Gasteiger partial charge in [0, 0.05) is 23.8 Å². The van der Waals surface area contributed by atoms with Crippen molar-refractivity contribution < 1.29 is 4.79 Å². The smallest absolute Gasteiger partial charge is 0.276 e. The Labute approximate surface area is 147 Å². The number of nitrogens with zero attached hydrogens (tertiary/aromatic N) is 3. The number of anilines is 1. The van der Waals surface area contributed by atoms with E-state index >= 15 is 0 Å². The third-order valence-electron chi connectivity index (χ3n) is 3.83. The highest BCUT2D eigenvalue weighted by atomic mass is 32.1. The number of hydrogen-bond acceptors (Lipinski definition) is 4. The fourth-order valence-electron chi connectivity index (χ4n) is 2.67. The Kier molecular flexibility index (Phi) is 3.92. The molecule has 0 atom stereocenters. The molecule has 0 saturated heterocycles. The molecule has 1 aromatic carbocycles. The summed E-state index contributed by atoms with van der Waals surface area (Å²) in [7, 11) is 0. The number of carbonyl (C=O) groups excluding carboxylic acids is 1. The van der Waals surface area contributed by atoms with Gasteiger partial charge in [0.2, 0.25) is 0 Å². The molecule has 0 bridgehead atoms. The molecule has 0 aliphatic carbocycles. The quantitative estimate of drug-likeness (QED) is 0.529. The van der Waals surface area contributed by atoms with Crippen molar-refractivity contribution in [1.29, 1.82) is 0 Å². The first-order valence-corrected chi connectivity index (χ1v) is 9.41. The zero-order valence-corrected chi connectivity index (χ0v) is 14.7. The molecule has 4 nitrogen and oxygen atoms in total. The van der Waals surface area contributed by atoms with Crippen LogP contribution in [-0.4, -0.2) is 21.8 Å². The number of fused-ring (bicyclic) bond motifs is 1. The lowest BCUT2D eigenvalue weighted by Gasteiger charge is -2.20. The standard InChI is InChI=1S/C18H15N3OS2/c1-2-20(13-7-4-3-5-8-13)17(22)15-12-24-18-19-14(11-21(15)18)16-9-6-10-23-16/h3-12H,2H2,1H3. The third kappa shape index (κ3) is 2.53. The van der Waals surface area contributed by atoms with E-state index in [1.54, 1.807) is 16.2 Å². The topological polar surface area (TPSA) is 37.6 Å². The van der Waals surface area contributed by atoms with Crippen molar-refractivity contribution in [2.75, 3.05) is 11.4 Å². The van der Waals surface area contributed by atoms with Crippen LogP contribution in [0.2, 0.25) is 0 Å². The van der Waals surface area contributed by atoms with Crippen LogP contribution in [-0.2, 0) is 0 Å². The first kappa shape index (κ1) is 15.1. The second-order valence-electron chi connectivity index (χ2n) is 5.26. The predicted molar refractivity (Wildman–Crippen MR) is 100 cm³/mol. The number of amides is 1. The number of aromatic nitrogens is 2. The fraction of sp³-hybridized carbons (Fsp3) is 0.111. The summed E-state index contributed by atoms with van der Waals surface area (Å²) in [6.07, 6.45) is 1.95. The number of thiophene rings is 1. The molecule has 3 heterocycles. The minimum atomic E-state index is -0.00919. The minimum Gasteiger partial charge on any atom is -0.307 e. The predicted octanol–water partition coefficient (Wildman–Crippen LogP) is 4.79. The van der Waals surface area contributed by atoms with Crippen LogP contribution in [0.15, 0.2) is 59.4 Å². The second kappa shape index (κ2) is 6.22. The van der Waals surface area contributed by atoms with Gasteiger partial charge in [-0.1, -0.05) is 24.3 Å². The maximum Gasteiger partial charge on any atom is 0.276 e. The van der Waals surface area contributed by atoms with Gasteiger partial charge in [0.1, 0.15) is 11.4 Å². The molecule has 120 valence electrons. The van der Waals surface area contributed by atoms with Crippen LogP contribution in [0.25, 0.3) is 15.5 Å². The molecule has 6 heteroatoms. The van der Waals surface area contributed by atoms with E-state index in [-0.39, 0.29) is 5.91 Å². The van der Waals surface area contributed by atoms with Gasteiger partial charge in [-0.3, -0.25) is 9.20 Å². The number of thiazole rings is 1. The van der Waals surface area contributed by atoms with Gasteiger partial charge in [-0.05, 0) is 30.5 Å². The van der Waals surface area contributed by atoms with Gasteiger partial charge >= 0.3 is 0 Å². The highest BCUT2D eigenvalue weighted by Gasteiger charge is 2.21. The van der Waals surface area contributed by atoms with Crippen LogP contribution in [0.1, 0.15) is 17.4 Å². The number of rotatable bonds is 4. The molecule has 24 heavy (non-hydrogen) atoms. The number of hydrogen-bond donors (Lipinski definition) is 0. The largest absolute Gasteiger partial charge is 0.307 e. The maximum absolute atomic E-state index is 13.0. The number of benzene rings is 1. The first-order chi connectivity index (χ1) is 11.8. The fourth-order valence-corrected chi connectivity index (χ4v) is 4.20. The molecule has 0 aliphatic rings. The highest BCUT2D eigenvalue weighted by molar-refractivity contribution is 7.15. The molecule has 1 amide bonds. The van der Waals surface area contributed by atoms with E-state index in [1.807, 2.05) is 70.7 Å². The Morgan fingerprint density at radius 1 is 1.17 bits per heavy atom. The Hall–Kier alpha value is -2.44. The van der Waals surface area contributed by atoms with Gasteiger partial charge in [0.25, 0.3) is 5.91 Å².